The van der Waals surface area contributed by atoms with Crippen molar-refractivity contribution < 1.29 is 24.2 Å². The van der Waals surface area contributed by atoms with Crippen molar-refractivity contribution in [1.29, 1.82) is 0 Å². The number of alkyl carbamates (subject to hydrolysis) is 1. The van der Waals surface area contributed by atoms with Crippen LogP contribution in [0.1, 0.15) is 44.2 Å². The molecular weight excluding hydrogens is 528 g/mol. The van der Waals surface area contributed by atoms with Crippen molar-refractivity contribution in [2.75, 3.05) is 26.2 Å². The van der Waals surface area contributed by atoms with Gasteiger partial charge in [0.2, 0.25) is 5.91 Å². The van der Waals surface area contributed by atoms with Crippen LogP contribution in [0.3, 0.4) is 0 Å². The van der Waals surface area contributed by atoms with Crippen LogP contribution in [0.2, 0.25) is 0 Å². The van der Waals surface area contributed by atoms with Crippen LogP contribution in [-0.4, -0.2) is 53.8 Å². The summed E-state index contributed by atoms with van der Waals surface area (Å²) in [7, 11) is 0. The molecule has 220 valence electrons. The largest absolute Gasteiger partial charge is 0.508 e. The number of para-hydroxylation sites is 2. The van der Waals surface area contributed by atoms with Gasteiger partial charge in [0, 0.05) is 32.0 Å². The zero-order valence-electron chi connectivity index (χ0n) is 24.6. The first kappa shape index (κ1) is 30.4. The van der Waals surface area contributed by atoms with E-state index in [0.717, 1.165) is 27.6 Å². The standard InChI is InChI=1S/C35H40N2O5/c1-35(2,3)42-34(40)36-21-19-33(39)37(22-20-27-12-9-10-16-32(27)38)24-30(25-41-31-14-5-4-6-15-31)29-18-17-26-11-7-8-13-28(26)23-29/h4-18,23,30,38H,19-22,24-25H2,1-3H3,(H,36,40). The average molecular weight is 569 g/mol. The maximum absolute atomic E-state index is 13.6. The molecule has 7 nitrogen and oxygen atoms in total. The van der Waals surface area contributed by atoms with E-state index in [1.807, 2.05) is 54.6 Å². The van der Waals surface area contributed by atoms with E-state index in [0.29, 0.717) is 26.1 Å². The fraction of sp³-hybridized carbons (Fsp3) is 0.314. The lowest BCUT2D eigenvalue weighted by atomic mass is 9.95. The minimum Gasteiger partial charge on any atom is -0.508 e. The number of amides is 2. The van der Waals surface area contributed by atoms with Gasteiger partial charge in [0.15, 0.2) is 0 Å². The van der Waals surface area contributed by atoms with E-state index in [-0.39, 0.29) is 30.5 Å². The lowest BCUT2D eigenvalue weighted by Gasteiger charge is -2.29. The Bertz CT molecular complexity index is 1470. The molecule has 0 radical (unpaired) electrons. The quantitative estimate of drug-likeness (QED) is 0.199. The zero-order valence-corrected chi connectivity index (χ0v) is 24.6. The molecule has 1 atom stereocenters. The Kier molecular flexibility index (Phi) is 10.4. The molecule has 0 aliphatic carbocycles. The van der Waals surface area contributed by atoms with Gasteiger partial charge >= 0.3 is 6.09 Å². The molecule has 4 aromatic rings. The number of hydrogen-bond acceptors (Lipinski definition) is 5. The summed E-state index contributed by atoms with van der Waals surface area (Å²) in [5, 5.41) is 15.3. The number of phenols is 1. The molecule has 1 unspecified atom stereocenters. The second-order valence-electron chi connectivity index (χ2n) is 11.3. The van der Waals surface area contributed by atoms with Crippen molar-refractivity contribution in [1.82, 2.24) is 10.2 Å². The van der Waals surface area contributed by atoms with Gasteiger partial charge in [0.1, 0.15) is 17.1 Å². The predicted octanol–water partition coefficient (Wildman–Crippen LogP) is 6.69. The number of nitrogens with zero attached hydrogens (tertiary/aromatic N) is 1. The summed E-state index contributed by atoms with van der Waals surface area (Å²) in [5.41, 5.74) is 1.21. The number of nitrogens with one attached hydrogen (secondary N) is 1. The number of rotatable bonds is 12. The van der Waals surface area contributed by atoms with Gasteiger partial charge in [0.25, 0.3) is 0 Å². The molecular formula is C35H40N2O5. The molecule has 0 saturated heterocycles. The molecule has 0 bridgehead atoms. The van der Waals surface area contributed by atoms with Gasteiger partial charge < -0.3 is 24.8 Å². The zero-order chi connectivity index (χ0) is 30.0. The molecule has 4 aromatic carbocycles. The molecule has 0 heterocycles. The number of hydrogen-bond donors (Lipinski definition) is 2. The van der Waals surface area contributed by atoms with E-state index in [1.165, 1.54) is 0 Å². The molecule has 0 aromatic heterocycles. The molecule has 0 aliphatic rings. The highest BCUT2D eigenvalue weighted by Gasteiger charge is 2.23. The van der Waals surface area contributed by atoms with Crippen molar-refractivity contribution in [3.63, 3.8) is 0 Å². The summed E-state index contributed by atoms with van der Waals surface area (Å²) in [6.07, 6.45) is 0.0488. The Hall–Kier alpha value is -4.52. The van der Waals surface area contributed by atoms with E-state index in [4.69, 9.17) is 9.47 Å². The van der Waals surface area contributed by atoms with Crippen molar-refractivity contribution in [2.24, 2.45) is 0 Å². The first-order valence-corrected chi connectivity index (χ1v) is 14.4. The highest BCUT2D eigenvalue weighted by molar-refractivity contribution is 5.83. The molecule has 2 N–H and O–H groups in total. The van der Waals surface area contributed by atoms with Crippen LogP contribution in [0.4, 0.5) is 4.79 Å². The van der Waals surface area contributed by atoms with Crippen LogP contribution in [0.5, 0.6) is 11.5 Å². The van der Waals surface area contributed by atoms with E-state index in [2.05, 4.69) is 35.6 Å². The third kappa shape index (κ3) is 9.26. The van der Waals surface area contributed by atoms with Crippen molar-refractivity contribution >= 4 is 22.8 Å². The minimum atomic E-state index is -0.621. The Balaban J connectivity index is 1.54. The molecule has 7 heteroatoms. The Morgan fingerprint density at radius 2 is 1.57 bits per heavy atom. The summed E-state index contributed by atoms with van der Waals surface area (Å²) >= 11 is 0. The number of carbonyl (C=O) groups excluding carboxylic acids is 2. The number of carbonyl (C=O) groups is 2. The van der Waals surface area contributed by atoms with Gasteiger partial charge in [-0.3, -0.25) is 4.79 Å². The van der Waals surface area contributed by atoms with E-state index >= 15 is 0 Å². The smallest absolute Gasteiger partial charge is 0.407 e. The van der Waals surface area contributed by atoms with Crippen LogP contribution in [0, 0.1) is 0 Å². The first-order valence-electron chi connectivity index (χ1n) is 14.4. The average Bonchev–Trinajstić information content (AvgIpc) is 2.97. The number of fused-ring (bicyclic) bond motifs is 1. The number of phenolic OH excluding ortho intramolecular Hbond substituents is 1. The topological polar surface area (TPSA) is 88.1 Å². The normalized spacial score (nSPS) is 12.0. The third-order valence-electron chi connectivity index (χ3n) is 6.88. The van der Waals surface area contributed by atoms with Crippen LogP contribution in [0.15, 0.2) is 97.1 Å². The van der Waals surface area contributed by atoms with Crippen LogP contribution in [-0.2, 0) is 16.0 Å². The molecule has 0 saturated carbocycles. The molecule has 0 fully saturated rings. The maximum Gasteiger partial charge on any atom is 0.407 e. The Morgan fingerprint density at radius 3 is 2.31 bits per heavy atom. The highest BCUT2D eigenvalue weighted by Crippen LogP contribution is 2.25. The SMILES string of the molecule is CC(C)(C)OC(=O)NCCC(=O)N(CCc1ccccc1O)CC(COc1ccccc1)c1ccc2ccccc2c1. The fourth-order valence-electron chi connectivity index (χ4n) is 4.73. The van der Waals surface area contributed by atoms with Gasteiger partial charge in [-0.2, -0.15) is 0 Å². The molecule has 42 heavy (non-hydrogen) atoms. The minimum absolute atomic E-state index is 0.105. The Labute approximate surface area is 248 Å². The van der Waals surface area contributed by atoms with Crippen LogP contribution < -0.4 is 10.1 Å². The van der Waals surface area contributed by atoms with Crippen molar-refractivity contribution in [3.05, 3.63) is 108 Å². The molecule has 2 amide bonds. The van der Waals surface area contributed by atoms with E-state index in [9.17, 15) is 14.7 Å². The summed E-state index contributed by atoms with van der Waals surface area (Å²) in [4.78, 5) is 27.5. The summed E-state index contributed by atoms with van der Waals surface area (Å²) in [6.45, 7) is 6.72. The van der Waals surface area contributed by atoms with Crippen LogP contribution in [0.25, 0.3) is 10.8 Å². The number of aromatic hydroxyl groups is 1. The number of benzene rings is 4. The fourth-order valence-corrected chi connectivity index (χ4v) is 4.73. The van der Waals surface area contributed by atoms with E-state index < -0.39 is 11.7 Å². The highest BCUT2D eigenvalue weighted by atomic mass is 16.6. The molecule has 0 spiro atoms. The van der Waals surface area contributed by atoms with Crippen molar-refractivity contribution in [3.8, 4) is 11.5 Å². The monoisotopic (exact) mass is 568 g/mol. The second kappa shape index (κ2) is 14.4. The third-order valence-corrected chi connectivity index (χ3v) is 6.88. The molecule has 0 aliphatic heterocycles. The lowest BCUT2D eigenvalue weighted by molar-refractivity contribution is -0.131. The Morgan fingerprint density at radius 1 is 0.881 bits per heavy atom. The summed E-state index contributed by atoms with van der Waals surface area (Å²) < 4.78 is 11.5. The van der Waals surface area contributed by atoms with Crippen LogP contribution >= 0.6 is 0 Å². The van der Waals surface area contributed by atoms with Gasteiger partial charge in [-0.05, 0) is 67.3 Å². The molecule has 4 rings (SSSR count). The van der Waals surface area contributed by atoms with Gasteiger partial charge in [-0.15, -0.1) is 0 Å². The second-order valence-corrected chi connectivity index (χ2v) is 11.3. The predicted molar refractivity (Wildman–Crippen MR) is 166 cm³/mol. The van der Waals surface area contributed by atoms with Gasteiger partial charge in [0.05, 0.1) is 6.61 Å². The lowest BCUT2D eigenvalue weighted by Crippen LogP contribution is -2.40. The summed E-state index contributed by atoms with van der Waals surface area (Å²) in [5.74, 6) is 0.737. The van der Waals surface area contributed by atoms with E-state index in [1.54, 1.807) is 37.8 Å². The first-order chi connectivity index (χ1) is 20.2. The van der Waals surface area contributed by atoms with Gasteiger partial charge in [-0.25, -0.2) is 4.79 Å². The summed E-state index contributed by atoms with van der Waals surface area (Å²) in [6, 6.07) is 31.3. The van der Waals surface area contributed by atoms with Crippen molar-refractivity contribution in [2.45, 2.75) is 45.1 Å². The van der Waals surface area contributed by atoms with Gasteiger partial charge in [-0.1, -0.05) is 78.9 Å². The number of ether oxygens (including phenoxy) is 2. The maximum atomic E-state index is 13.6.